The van der Waals surface area contributed by atoms with Crippen molar-refractivity contribution in [2.24, 2.45) is 0 Å². The SMILES string of the molecule is O=C([C@@H]1C[C@H](N2CCc3ccccc32)CN1)N1CCSC1. The molecule has 21 heavy (non-hydrogen) atoms. The van der Waals surface area contributed by atoms with Gasteiger partial charge in [0.05, 0.1) is 11.9 Å². The van der Waals surface area contributed by atoms with Gasteiger partial charge in [-0.2, -0.15) is 0 Å². The van der Waals surface area contributed by atoms with E-state index in [0.717, 1.165) is 44.1 Å². The molecule has 1 amide bonds. The Morgan fingerprint density at radius 2 is 2.19 bits per heavy atom. The van der Waals surface area contributed by atoms with Gasteiger partial charge in [-0.1, -0.05) is 18.2 Å². The van der Waals surface area contributed by atoms with E-state index < -0.39 is 0 Å². The number of carbonyl (C=O) groups is 1. The average molecular weight is 303 g/mol. The summed E-state index contributed by atoms with van der Waals surface area (Å²) >= 11 is 1.85. The Balaban J connectivity index is 1.44. The van der Waals surface area contributed by atoms with E-state index in [0.29, 0.717) is 11.9 Å². The molecule has 3 aliphatic rings. The van der Waals surface area contributed by atoms with E-state index in [4.69, 9.17) is 0 Å². The molecular formula is C16H21N3OS. The maximum Gasteiger partial charge on any atom is 0.240 e. The van der Waals surface area contributed by atoms with Gasteiger partial charge >= 0.3 is 0 Å². The molecule has 1 aromatic rings. The molecule has 0 aromatic heterocycles. The Labute approximate surface area is 129 Å². The summed E-state index contributed by atoms with van der Waals surface area (Å²) in [6.45, 7) is 2.93. The molecule has 1 aromatic carbocycles. The van der Waals surface area contributed by atoms with Crippen molar-refractivity contribution in [1.29, 1.82) is 0 Å². The van der Waals surface area contributed by atoms with E-state index in [2.05, 4.69) is 34.5 Å². The van der Waals surface area contributed by atoms with Gasteiger partial charge in [-0.25, -0.2) is 0 Å². The Morgan fingerprint density at radius 1 is 1.29 bits per heavy atom. The number of anilines is 1. The van der Waals surface area contributed by atoms with Crippen LogP contribution in [-0.4, -0.2) is 54.2 Å². The standard InChI is InChI=1S/C16H21N3OS/c20-16(18-7-8-21-11-18)14-9-13(10-17-14)19-6-5-12-3-1-2-4-15(12)19/h1-4,13-14,17H,5-11H2/t13-,14-/m0/s1. The van der Waals surface area contributed by atoms with Crippen molar-refractivity contribution in [2.75, 3.05) is 36.2 Å². The van der Waals surface area contributed by atoms with Crippen LogP contribution in [0.1, 0.15) is 12.0 Å². The summed E-state index contributed by atoms with van der Waals surface area (Å²) in [5, 5.41) is 3.45. The summed E-state index contributed by atoms with van der Waals surface area (Å²) in [5.41, 5.74) is 2.82. The van der Waals surface area contributed by atoms with E-state index in [1.807, 2.05) is 16.7 Å². The second-order valence-electron chi connectivity index (χ2n) is 6.06. The zero-order valence-corrected chi connectivity index (χ0v) is 12.9. The molecule has 0 radical (unpaired) electrons. The number of para-hydroxylation sites is 1. The number of fused-ring (bicyclic) bond motifs is 1. The molecule has 0 aliphatic carbocycles. The van der Waals surface area contributed by atoms with Crippen LogP contribution >= 0.6 is 11.8 Å². The molecule has 1 N–H and O–H groups in total. The number of nitrogens with one attached hydrogen (secondary N) is 1. The predicted molar refractivity (Wildman–Crippen MR) is 86.7 cm³/mol. The molecule has 2 saturated heterocycles. The molecule has 3 heterocycles. The van der Waals surface area contributed by atoms with Crippen molar-refractivity contribution in [1.82, 2.24) is 10.2 Å². The minimum atomic E-state index is 0.0152. The van der Waals surface area contributed by atoms with Crippen LogP contribution in [-0.2, 0) is 11.2 Å². The average Bonchev–Trinajstić information content (AvgIpc) is 3.25. The van der Waals surface area contributed by atoms with Crippen molar-refractivity contribution in [2.45, 2.75) is 24.9 Å². The summed E-state index contributed by atoms with van der Waals surface area (Å²) in [6.07, 6.45) is 2.07. The van der Waals surface area contributed by atoms with Gasteiger partial charge in [0, 0.05) is 37.1 Å². The van der Waals surface area contributed by atoms with Crippen LogP contribution in [0.4, 0.5) is 5.69 Å². The highest BCUT2D eigenvalue weighted by Gasteiger charge is 2.37. The van der Waals surface area contributed by atoms with E-state index in [1.165, 1.54) is 11.3 Å². The smallest absolute Gasteiger partial charge is 0.240 e. The van der Waals surface area contributed by atoms with Gasteiger partial charge in [0.25, 0.3) is 0 Å². The Kier molecular flexibility index (Phi) is 3.55. The third kappa shape index (κ3) is 2.42. The summed E-state index contributed by atoms with van der Waals surface area (Å²) in [6, 6.07) is 9.14. The van der Waals surface area contributed by atoms with Gasteiger partial charge in [-0.15, -0.1) is 11.8 Å². The van der Waals surface area contributed by atoms with Gasteiger partial charge in [0.15, 0.2) is 0 Å². The summed E-state index contributed by atoms with van der Waals surface area (Å²) in [4.78, 5) is 17.0. The lowest BCUT2D eigenvalue weighted by molar-refractivity contribution is -0.131. The largest absolute Gasteiger partial charge is 0.367 e. The van der Waals surface area contributed by atoms with E-state index >= 15 is 0 Å². The molecular weight excluding hydrogens is 282 g/mol. The molecule has 112 valence electrons. The van der Waals surface area contributed by atoms with E-state index in [1.54, 1.807) is 0 Å². The first kappa shape index (κ1) is 13.5. The van der Waals surface area contributed by atoms with Gasteiger partial charge in [-0.05, 0) is 24.5 Å². The normalized spacial score (nSPS) is 28.2. The Morgan fingerprint density at radius 3 is 3.05 bits per heavy atom. The zero-order chi connectivity index (χ0) is 14.2. The minimum absolute atomic E-state index is 0.0152. The number of benzene rings is 1. The Hall–Kier alpha value is -1.20. The van der Waals surface area contributed by atoms with Crippen LogP contribution in [0.2, 0.25) is 0 Å². The third-order valence-electron chi connectivity index (χ3n) is 4.83. The molecule has 4 rings (SSSR count). The fraction of sp³-hybridized carbons (Fsp3) is 0.562. The fourth-order valence-electron chi connectivity index (χ4n) is 3.69. The molecule has 4 nitrogen and oxygen atoms in total. The first-order chi connectivity index (χ1) is 10.3. The lowest BCUT2D eigenvalue weighted by Gasteiger charge is -2.26. The minimum Gasteiger partial charge on any atom is -0.367 e. The third-order valence-corrected chi connectivity index (χ3v) is 5.80. The van der Waals surface area contributed by atoms with Crippen LogP contribution in [0.25, 0.3) is 0 Å². The van der Waals surface area contributed by atoms with Crippen molar-refractivity contribution in [3.05, 3.63) is 29.8 Å². The van der Waals surface area contributed by atoms with Crippen LogP contribution in [0.5, 0.6) is 0 Å². The highest BCUT2D eigenvalue weighted by atomic mass is 32.2. The van der Waals surface area contributed by atoms with Crippen molar-refractivity contribution in [3.63, 3.8) is 0 Å². The van der Waals surface area contributed by atoms with Crippen LogP contribution in [0.15, 0.2) is 24.3 Å². The quantitative estimate of drug-likeness (QED) is 0.894. The van der Waals surface area contributed by atoms with Crippen molar-refractivity contribution in [3.8, 4) is 0 Å². The van der Waals surface area contributed by atoms with E-state index in [-0.39, 0.29) is 6.04 Å². The molecule has 2 atom stereocenters. The molecule has 0 bridgehead atoms. The molecule has 0 spiro atoms. The monoisotopic (exact) mass is 303 g/mol. The van der Waals surface area contributed by atoms with Crippen molar-refractivity contribution >= 4 is 23.4 Å². The number of rotatable bonds is 2. The van der Waals surface area contributed by atoms with Gasteiger partial charge in [0.1, 0.15) is 0 Å². The summed E-state index contributed by atoms with van der Waals surface area (Å²) in [5.74, 6) is 2.25. The molecule has 0 unspecified atom stereocenters. The van der Waals surface area contributed by atoms with Crippen LogP contribution < -0.4 is 10.2 Å². The summed E-state index contributed by atoms with van der Waals surface area (Å²) in [7, 11) is 0. The second-order valence-corrected chi connectivity index (χ2v) is 7.14. The number of hydrogen-bond acceptors (Lipinski definition) is 4. The fourth-order valence-corrected chi connectivity index (χ4v) is 4.65. The maximum absolute atomic E-state index is 12.5. The molecule has 2 fully saturated rings. The highest BCUT2D eigenvalue weighted by molar-refractivity contribution is 7.99. The summed E-state index contributed by atoms with van der Waals surface area (Å²) < 4.78 is 0. The molecule has 5 heteroatoms. The van der Waals surface area contributed by atoms with Gasteiger partial charge in [0.2, 0.25) is 5.91 Å². The number of amides is 1. The lowest BCUT2D eigenvalue weighted by Crippen LogP contribution is -2.42. The lowest BCUT2D eigenvalue weighted by atomic mass is 10.1. The molecule has 0 saturated carbocycles. The zero-order valence-electron chi connectivity index (χ0n) is 12.1. The van der Waals surface area contributed by atoms with Gasteiger partial charge < -0.3 is 15.1 Å². The second kappa shape index (κ2) is 5.54. The number of carbonyl (C=O) groups excluding carboxylic acids is 1. The number of thioether (sulfide) groups is 1. The predicted octanol–water partition coefficient (Wildman–Crippen LogP) is 1.31. The maximum atomic E-state index is 12.5. The van der Waals surface area contributed by atoms with Crippen LogP contribution in [0, 0.1) is 0 Å². The van der Waals surface area contributed by atoms with Gasteiger partial charge in [-0.3, -0.25) is 4.79 Å². The van der Waals surface area contributed by atoms with E-state index in [9.17, 15) is 4.79 Å². The number of hydrogen-bond donors (Lipinski definition) is 1. The number of nitrogens with zero attached hydrogens (tertiary/aromatic N) is 2. The molecule has 3 aliphatic heterocycles. The first-order valence-electron chi connectivity index (χ1n) is 7.77. The topological polar surface area (TPSA) is 35.6 Å². The van der Waals surface area contributed by atoms with Crippen LogP contribution in [0.3, 0.4) is 0 Å². The van der Waals surface area contributed by atoms with Crippen molar-refractivity contribution < 1.29 is 4.79 Å². The Bertz CT molecular complexity index is 544. The first-order valence-corrected chi connectivity index (χ1v) is 8.93. The highest BCUT2D eigenvalue weighted by Crippen LogP contribution is 2.32.